The third kappa shape index (κ3) is 2.27. The highest BCUT2D eigenvalue weighted by atomic mass is 19.3. The van der Waals surface area contributed by atoms with Gasteiger partial charge < -0.3 is 5.73 Å². The minimum Gasteiger partial charge on any atom is -0.399 e. The van der Waals surface area contributed by atoms with Crippen molar-refractivity contribution in [1.82, 2.24) is 9.78 Å². The minimum absolute atomic E-state index is 0.0579. The molecule has 2 rings (SSSR count). The molecule has 0 amide bonds. The van der Waals surface area contributed by atoms with Gasteiger partial charge in [-0.3, -0.25) is 4.68 Å². The minimum atomic E-state index is -2.54. The number of nitrogen functional groups attached to an aromatic ring is 1. The van der Waals surface area contributed by atoms with Gasteiger partial charge in [-0.05, 0) is 19.1 Å². The Kier molecular flexibility index (Phi) is 3.08. The van der Waals surface area contributed by atoms with Crippen molar-refractivity contribution in [3.63, 3.8) is 0 Å². The second-order valence-electron chi connectivity index (χ2n) is 3.71. The summed E-state index contributed by atoms with van der Waals surface area (Å²) >= 11 is 0. The van der Waals surface area contributed by atoms with Crippen LogP contribution in [0.15, 0.2) is 30.5 Å². The second kappa shape index (κ2) is 4.53. The fourth-order valence-corrected chi connectivity index (χ4v) is 1.67. The molecule has 0 spiro atoms. The van der Waals surface area contributed by atoms with E-state index in [1.54, 1.807) is 24.3 Å². The van der Waals surface area contributed by atoms with Gasteiger partial charge in [0.25, 0.3) is 6.43 Å². The third-order valence-electron chi connectivity index (χ3n) is 2.51. The molecule has 0 saturated heterocycles. The van der Waals surface area contributed by atoms with E-state index in [1.807, 2.05) is 6.92 Å². The van der Waals surface area contributed by atoms with Crippen molar-refractivity contribution in [3.05, 3.63) is 36.0 Å². The molecule has 0 aliphatic heterocycles. The average Bonchev–Trinajstić information content (AvgIpc) is 2.73. The van der Waals surface area contributed by atoms with Gasteiger partial charge in [-0.25, -0.2) is 8.78 Å². The zero-order valence-corrected chi connectivity index (χ0v) is 9.40. The fraction of sp³-hybridized carbons (Fsp3) is 0.250. The predicted molar refractivity (Wildman–Crippen MR) is 62.7 cm³/mol. The van der Waals surface area contributed by atoms with E-state index in [4.69, 9.17) is 5.73 Å². The van der Waals surface area contributed by atoms with Crippen molar-refractivity contribution >= 4 is 5.69 Å². The van der Waals surface area contributed by atoms with E-state index in [9.17, 15) is 8.78 Å². The van der Waals surface area contributed by atoms with E-state index >= 15 is 0 Å². The maximum Gasteiger partial charge on any atom is 0.267 e. The molecule has 0 saturated carbocycles. The number of benzene rings is 1. The van der Waals surface area contributed by atoms with Gasteiger partial charge in [0.1, 0.15) is 5.69 Å². The first-order valence-corrected chi connectivity index (χ1v) is 5.33. The van der Waals surface area contributed by atoms with Crippen LogP contribution in [0.25, 0.3) is 11.3 Å². The zero-order chi connectivity index (χ0) is 12.4. The first-order valence-electron chi connectivity index (χ1n) is 5.33. The molecule has 0 bridgehead atoms. The molecule has 1 aromatic carbocycles. The van der Waals surface area contributed by atoms with Gasteiger partial charge in [0.05, 0.1) is 5.56 Å². The summed E-state index contributed by atoms with van der Waals surface area (Å²) in [6, 6.07) is 6.81. The molecular weight excluding hydrogens is 224 g/mol. The zero-order valence-electron chi connectivity index (χ0n) is 9.40. The Morgan fingerprint density at radius 1 is 1.41 bits per heavy atom. The number of hydrogen-bond donors (Lipinski definition) is 1. The summed E-state index contributed by atoms with van der Waals surface area (Å²) in [7, 11) is 0. The molecule has 17 heavy (non-hydrogen) atoms. The Hall–Kier alpha value is -1.91. The van der Waals surface area contributed by atoms with Crippen molar-refractivity contribution in [2.45, 2.75) is 19.9 Å². The fourth-order valence-electron chi connectivity index (χ4n) is 1.67. The smallest absolute Gasteiger partial charge is 0.267 e. The molecule has 5 heteroatoms. The molecule has 2 aromatic rings. The van der Waals surface area contributed by atoms with Crippen LogP contribution in [-0.2, 0) is 6.54 Å². The maximum absolute atomic E-state index is 12.9. The van der Waals surface area contributed by atoms with Crippen LogP contribution in [0.3, 0.4) is 0 Å². The highest BCUT2D eigenvalue weighted by Gasteiger charge is 2.18. The summed E-state index contributed by atoms with van der Waals surface area (Å²) < 4.78 is 27.3. The average molecular weight is 237 g/mol. The molecule has 0 fully saturated rings. The Labute approximate surface area is 97.9 Å². The number of alkyl halides is 2. The van der Waals surface area contributed by atoms with Crippen LogP contribution in [-0.4, -0.2) is 9.78 Å². The largest absolute Gasteiger partial charge is 0.399 e. The molecule has 2 N–H and O–H groups in total. The van der Waals surface area contributed by atoms with Gasteiger partial charge in [0.2, 0.25) is 0 Å². The summed E-state index contributed by atoms with van der Waals surface area (Å²) in [6.07, 6.45) is -1.16. The van der Waals surface area contributed by atoms with Gasteiger partial charge in [0.15, 0.2) is 0 Å². The predicted octanol–water partition coefficient (Wildman–Crippen LogP) is 3.09. The van der Waals surface area contributed by atoms with Crippen molar-refractivity contribution in [3.8, 4) is 11.3 Å². The van der Waals surface area contributed by atoms with Crippen LogP contribution in [0.4, 0.5) is 14.5 Å². The molecule has 0 aliphatic rings. The van der Waals surface area contributed by atoms with Crippen LogP contribution in [0, 0.1) is 0 Å². The Morgan fingerprint density at radius 2 is 2.18 bits per heavy atom. The normalized spacial score (nSPS) is 11.1. The highest BCUT2D eigenvalue weighted by Crippen LogP contribution is 2.30. The van der Waals surface area contributed by atoms with Crippen LogP contribution < -0.4 is 5.73 Å². The van der Waals surface area contributed by atoms with Crippen molar-refractivity contribution in [2.75, 3.05) is 5.73 Å². The van der Waals surface area contributed by atoms with E-state index in [-0.39, 0.29) is 5.56 Å². The lowest BCUT2D eigenvalue weighted by molar-refractivity contribution is 0.152. The van der Waals surface area contributed by atoms with E-state index < -0.39 is 6.43 Å². The SMILES string of the molecule is CCn1cc(C(F)F)c(-c2cccc(N)c2)n1. The summed E-state index contributed by atoms with van der Waals surface area (Å²) in [5.41, 5.74) is 7.04. The van der Waals surface area contributed by atoms with E-state index in [0.717, 1.165) is 0 Å². The van der Waals surface area contributed by atoms with Crippen molar-refractivity contribution in [2.24, 2.45) is 0 Å². The van der Waals surface area contributed by atoms with Crippen LogP contribution >= 0.6 is 0 Å². The Balaban J connectivity index is 2.53. The highest BCUT2D eigenvalue weighted by molar-refractivity contribution is 5.66. The monoisotopic (exact) mass is 237 g/mol. The molecule has 0 unspecified atom stereocenters. The number of aromatic nitrogens is 2. The van der Waals surface area contributed by atoms with Gasteiger partial charge >= 0.3 is 0 Å². The number of rotatable bonds is 3. The van der Waals surface area contributed by atoms with Crippen molar-refractivity contribution < 1.29 is 8.78 Å². The first-order chi connectivity index (χ1) is 8.11. The Morgan fingerprint density at radius 3 is 2.76 bits per heavy atom. The van der Waals surface area contributed by atoms with Gasteiger partial charge in [-0.1, -0.05) is 12.1 Å². The van der Waals surface area contributed by atoms with E-state index in [2.05, 4.69) is 5.10 Å². The summed E-state index contributed by atoms with van der Waals surface area (Å²) in [5.74, 6) is 0. The lowest BCUT2D eigenvalue weighted by atomic mass is 10.1. The van der Waals surface area contributed by atoms with Crippen LogP contribution in [0.1, 0.15) is 18.9 Å². The molecule has 3 nitrogen and oxygen atoms in total. The molecule has 0 radical (unpaired) electrons. The van der Waals surface area contributed by atoms with Crippen molar-refractivity contribution in [1.29, 1.82) is 0 Å². The van der Waals surface area contributed by atoms with Crippen LogP contribution in [0.2, 0.25) is 0 Å². The topological polar surface area (TPSA) is 43.8 Å². The molecule has 1 heterocycles. The number of hydrogen-bond acceptors (Lipinski definition) is 2. The standard InChI is InChI=1S/C12H13F2N3/c1-2-17-7-10(12(13)14)11(16-17)8-4-3-5-9(15)6-8/h3-7,12H,2,15H2,1H3. The quantitative estimate of drug-likeness (QED) is 0.833. The second-order valence-corrected chi connectivity index (χ2v) is 3.71. The Bertz CT molecular complexity index is 520. The summed E-state index contributed by atoms with van der Waals surface area (Å²) in [5, 5.41) is 4.14. The number of nitrogens with two attached hydrogens (primary N) is 1. The van der Waals surface area contributed by atoms with Crippen LogP contribution in [0.5, 0.6) is 0 Å². The van der Waals surface area contributed by atoms with E-state index in [0.29, 0.717) is 23.5 Å². The summed E-state index contributed by atoms with van der Waals surface area (Å²) in [4.78, 5) is 0. The number of anilines is 1. The van der Waals surface area contributed by atoms with Gasteiger partial charge in [-0.15, -0.1) is 0 Å². The molecule has 0 atom stereocenters. The molecular formula is C12H13F2N3. The molecule has 1 aromatic heterocycles. The number of halogens is 2. The first kappa shape index (κ1) is 11.6. The third-order valence-corrected chi connectivity index (χ3v) is 2.51. The molecule has 0 aliphatic carbocycles. The lowest BCUT2D eigenvalue weighted by Gasteiger charge is -2.02. The number of aryl methyl sites for hydroxylation is 1. The van der Waals surface area contributed by atoms with Gasteiger partial charge in [0, 0.05) is 24.0 Å². The van der Waals surface area contributed by atoms with Gasteiger partial charge in [-0.2, -0.15) is 5.10 Å². The maximum atomic E-state index is 12.9. The lowest BCUT2D eigenvalue weighted by Crippen LogP contribution is -1.94. The summed E-state index contributed by atoms with van der Waals surface area (Å²) in [6.45, 7) is 2.41. The van der Waals surface area contributed by atoms with E-state index in [1.165, 1.54) is 10.9 Å². The molecule has 90 valence electrons. The number of nitrogens with zero attached hydrogens (tertiary/aromatic N) is 2.